The van der Waals surface area contributed by atoms with Gasteiger partial charge in [-0.1, -0.05) is 18.6 Å². The number of aliphatic hydroxyl groups excluding tert-OH is 1. The molecule has 2 nitrogen and oxygen atoms in total. The number of ketones is 1. The van der Waals surface area contributed by atoms with Gasteiger partial charge in [-0.15, -0.1) is 0 Å². The molecule has 0 aromatic carbocycles. The summed E-state index contributed by atoms with van der Waals surface area (Å²) in [7, 11) is 0. The van der Waals surface area contributed by atoms with Gasteiger partial charge in [0, 0.05) is 12.3 Å². The molecule has 0 radical (unpaired) electrons. The summed E-state index contributed by atoms with van der Waals surface area (Å²) in [5.74, 6) is 0.470. The Balaban J connectivity index is 1.75. The van der Waals surface area contributed by atoms with Gasteiger partial charge in [0.2, 0.25) is 0 Å². The molecule has 6 atom stereocenters. The van der Waals surface area contributed by atoms with E-state index in [0.717, 1.165) is 32.1 Å². The molecular weight excluding hydrogens is 279 g/mol. The number of carbonyl (C=O) groups excluding carboxylic acids is 1. The molecule has 0 spiro atoms. The topological polar surface area (TPSA) is 37.3 Å². The molecule has 0 heterocycles. The fourth-order valence-electron chi connectivity index (χ4n) is 6.32. The highest BCUT2D eigenvalue weighted by atomic mass is 19.1. The Morgan fingerprint density at radius 1 is 1.18 bits per heavy atom. The molecular formula is C19H27FO2. The quantitative estimate of drug-likeness (QED) is 0.688. The van der Waals surface area contributed by atoms with Gasteiger partial charge in [0.25, 0.3) is 0 Å². The number of hydrogen-bond donors (Lipinski definition) is 1. The standard InChI is InChI=1S/C19H27FO2/c1-17-8-5-13(21)11-12(17)3-4-15-14(17)6-9-18(2)16(22)7-10-19(15,18)20/h3,13-15,21H,4-11H2,1-2H3/t13?,14-,15-,17+,18-,19-/m1/s1. The summed E-state index contributed by atoms with van der Waals surface area (Å²) in [6.07, 6.45) is 7.78. The Bertz CT molecular complexity index is 556. The summed E-state index contributed by atoms with van der Waals surface area (Å²) >= 11 is 0. The largest absolute Gasteiger partial charge is 0.393 e. The van der Waals surface area contributed by atoms with Crippen LogP contribution in [0.3, 0.4) is 0 Å². The molecule has 122 valence electrons. The minimum atomic E-state index is -1.31. The highest BCUT2D eigenvalue weighted by Crippen LogP contribution is 2.66. The first-order valence-corrected chi connectivity index (χ1v) is 8.91. The maximum Gasteiger partial charge on any atom is 0.142 e. The van der Waals surface area contributed by atoms with Crippen LogP contribution in [0.4, 0.5) is 4.39 Å². The number of carbonyl (C=O) groups is 1. The number of allylic oxidation sites excluding steroid dienone is 1. The van der Waals surface area contributed by atoms with Crippen LogP contribution in [0.15, 0.2) is 11.6 Å². The first kappa shape index (κ1) is 14.9. The van der Waals surface area contributed by atoms with Gasteiger partial charge in [0.1, 0.15) is 11.5 Å². The molecule has 4 aliphatic rings. The smallest absolute Gasteiger partial charge is 0.142 e. The van der Waals surface area contributed by atoms with Crippen LogP contribution in [0.1, 0.15) is 65.2 Å². The minimum absolute atomic E-state index is 0.0123. The van der Waals surface area contributed by atoms with Crippen molar-refractivity contribution in [3.05, 3.63) is 11.6 Å². The molecule has 0 saturated heterocycles. The zero-order chi connectivity index (χ0) is 15.8. The second-order valence-electron chi connectivity index (χ2n) is 8.65. The summed E-state index contributed by atoms with van der Waals surface area (Å²) in [5, 5.41) is 9.98. The lowest BCUT2D eigenvalue weighted by molar-refractivity contribution is -0.149. The summed E-state index contributed by atoms with van der Waals surface area (Å²) < 4.78 is 16.0. The fraction of sp³-hybridized carbons (Fsp3) is 0.842. The van der Waals surface area contributed by atoms with E-state index in [-0.39, 0.29) is 23.2 Å². The number of rotatable bonds is 0. The van der Waals surface area contributed by atoms with E-state index in [9.17, 15) is 9.90 Å². The lowest BCUT2D eigenvalue weighted by Gasteiger charge is -2.58. The van der Waals surface area contributed by atoms with Crippen molar-refractivity contribution in [2.75, 3.05) is 0 Å². The van der Waals surface area contributed by atoms with E-state index in [0.29, 0.717) is 25.2 Å². The predicted molar refractivity (Wildman–Crippen MR) is 83.1 cm³/mol. The average Bonchev–Trinajstić information content (AvgIpc) is 2.72. The molecule has 4 rings (SSSR count). The third-order valence-electron chi connectivity index (χ3n) is 7.90. The Morgan fingerprint density at radius 3 is 2.73 bits per heavy atom. The van der Waals surface area contributed by atoms with E-state index >= 15 is 4.39 Å². The van der Waals surface area contributed by atoms with E-state index in [2.05, 4.69) is 13.0 Å². The molecule has 0 aliphatic heterocycles. The molecule has 0 amide bonds. The third kappa shape index (κ3) is 1.61. The average molecular weight is 306 g/mol. The molecule has 0 bridgehead atoms. The zero-order valence-corrected chi connectivity index (χ0v) is 13.7. The number of aliphatic hydroxyl groups is 1. The fourth-order valence-corrected chi connectivity index (χ4v) is 6.32. The number of halogens is 1. The van der Waals surface area contributed by atoms with Crippen molar-refractivity contribution < 1.29 is 14.3 Å². The molecule has 1 unspecified atom stereocenters. The molecule has 0 aromatic rings. The molecule has 3 fully saturated rings. The van der Waals surface area contributed by atoms with Crippen LogP contribution in [0.25, 0.3) is 0 Å². The zero-order valence-electron chi connectivity index (χ0n) is 13.7. The van der Waals surface area contributed by atoms with Crippen molar-refractivity contribution in [3.63, 3.8) is 0 Å². The minimum Gasteiger partial charge on any atom is -0.393 e. The number of Topliss-reactive ketones (excluding diaryl/α,β-unsaturated/α-hetero) is 1. The third-order valence-corrected chi connectivity index (χ3v) is 7.90. The molecule has 22 heavy (non-hydrogen) atoms. The lowest BCUT2D eigenvalue weighted by Crippen LogP contribution is -2.58. The van der Waals surface area contributed by atoms with Crippen molar-refractivity contribution in [1.29, 1.82) is 0 Å². The first-order valence-electron chi connectivity index (χ1n) is 8.91. The highest BCUT2D eigenvalue weighted by Gasteiger charge is 2.67. The van der Waals surface area contributed by atoms with Crippen LogP contribution in [0, 0.1) is 22.7 Å². The second kappa shape index (κ2) is 4.43. The Kier molecular flexibility index (Phi) is 3.00. The van der Waals surface area contributed by atoms with Crippen LogP contribution < -0.4 is 0 Å². The maximum atomic E-state index is 16.0. The summed E-state index contributed by atoms with van der Waals surface area (Å²) in [5.41, 5.74) is -0.671. The number of hydrogen-bond acceptors (Lipinski definition) is 2. The van der Waals surface area contributed by atoms with Gasteiger partial charge in [-0.05, 0) is 63.2 Å². The SMILES string of the molecule is C[C@]12CCC(O)CC1=CC[C@@H]1[C@H]2CC[C@]2(C)C(=O)CC[C@@]12F. The van der Waals surface area contributed by atoms with Crippen molar-refractivity contribution in [2.24, 2.45) is 22.7 Å². The van der Waals surface area contributed by atoms with E-state index in [4.69, 9.17) is 0 Å². The molecule has 4 aliphatic carbocycles. The van der Waals surface area contributed by atoms with Crippen LogP contribution in [0.2, 0.25) is 0 Å². The molecule has 0 aromatic heterocycles. The monoisotopic (exact) mass is 306 g/mol. The van der Waals surface area contributed by atoms with Crippen LogP contribution >= 0.6 is 0 Å². The van der Waals surface area contributed by atoms with Crippen molar-refractivity contribution in [1.82, 2.24) is 0 Å². The van der Waals surface area contributed by atoms with Crippen LogP contribution in [-0.2, 0) is 4.79 Å². The van der Waals surface area contributed by atoms with Crippen LogP contribution in [-0.4, -0.2) is 22.7 Å². The van der Waals surface area contributed by atoms with Crippen molar-refractivity contribution in [3.8, 4) is 0 Å². The second-order valence-corrected chi connectivity index (χ2v) is 8.65. The summed E-state index contributed by atoms with van der Waals surface area (Å²) in [6, 6.07) is 0. The van der Waals surface area contributed by atoms with E-state index in [1.165, 1.54) is 5.57 Å². The van der Waals surface area contributed by atoms with E-state index in [1.807, 2.05) is 6.92 Å². The molecule has 3 heteroatoms. The Labute approximate surface area is 132 Å². The Hall–Kier alpha value is -0.700. The Morgan fingerprint density at radius 2 is 1.95 bits per heavy atom. The van der Waals surface area contributed by atoms with Gasteiger partial charge in [0.05, 0.1) is 11.5 Å². The van der Waals surface area contributed by atoms with Crippen molar-refractivity contribution in [2.45, 2.75) is 77.0 Å². The predicted octanol–water partition coefficient (Wildman–Crippen LogP) is 3.97. The van der Waals surface area contributed by atoms with Gasteiger partial charge in [-0.2, -0.15) is 0 Å². The van der Waals surface area contributed by atoms with Gasteiger partial charge >= 0.3 is 0 Å². The first-order chi connectivity index (χ1) is 10.3. The highest BCUT2D eigenvalue weighted by molar-refractivity contribution is 5.88. The normalized spacial score (nSPS) is 54.3. The van der Waals surface area contributed by atoms with Gasteiger partial charge in [-0.25, -0.2) is 4.39 Å². The summed E-state index contributed by atoms with van der Waals surface area (Å²) in [6.45, 7) is 4.16. The lowest BCUT2D eigenvalue weighted by atomic mass is 9.47. The maximum absolute atomic E-state index is 16.0. The van der Waals surface area contributed by atoms with Gasteiger partial charge in [-0.3, -0.25) is 4.79 Å². The number of fused-ring (bicyclic) bond motifs is 5. The van der Waals surface area contributed by atoms with Crippen molar-refractivity contribution >= 4 is 5.78 Å². The van der Waals surface area contributed by atoms with E-state index in [1.54, 1.807) is 0 Å². The summed E-state index contributed by atoms with van der Waals surface area (Å²) in [4.78, 5) is 12.3. The molecule has 3 saturated carbocycles. The van der Waals surface area contributed by atoms with Gasteiger partial charge < -0.3 is 5.11 Å². The van der Waals surface area contributed by atoms with Crippen LogP contribution in [0.5, 0.6) is 0 Å². The van der Waals surface area contributed by atoms with E-state index < -0.39 is 11.1 Å². The number of alkyl halides is 1. The van der Waals surface area contributed by atoms with Gasteiger partial charge in [0.15, 0.2) is 0 Å². The molecule has 1 N–H and O–H groups in total.